The van der Waals surface area contributed by atoms with Crippen LogP contribution in [0.15, 0.2) is 0 Å². The molecular weight excluding hydrogens is 186 g/mol. The minimum atomic E-state index is 0.384. The molecule has 88 valence electrons. The lowest BCUT2D eigenvalue weighted by molar-refractivity contribution is -0.0296. The molecule has 1 atom stereocenters. The minimum absolute atomic E-state index is 0.384. The van der Waals surface area contributed by atoms with Gasteiger partial charge < -0.3 is 10.6 Å². The van der Waals surface area contributed by atoms with Crippen molar-refractivity contribution in [1.82, 2.24) is 9.80 Å². The van der Waals surface area contributed by atoms with Crippen LogP contribution < -0.4 is 5.73 Å². The molecule has 1 aliphatic heterocycles. The zero-order valence-corrected chi connectivity index (χ0v) is 10.2. The van der Waals surface area contributed by atoms with Crippen molar-refractivity contribution in [3.05, 3.63) is 0 Å². The molecule has 1 unspecified atom stereocenters. The summed E-state index contributed by atoms with van der Waals surface area (Å²) in [6, 6.07) is 0.739. The Morgan fingerprint density at radius 2 is 2.07 bits per heavy atom. The second-order valence-corrected chi connectivity index (χ2v) is 5.27. The fraction of sp³-hybridized carbons (Fsp3) is 1.00. The highest BCUT2D eigenvalue weighted by Crippen LogP contribution is 2.37. The van der Waals surface area contributed by atoms with Gasteiger partial charge in [-0.25, -0.2) is 0 Å². The Kier molecular flexibility index (Phi) is 3.33. The first kappa shape index (κ1) is 11.4. The molecule has 0 amide bonds. The average Bonchev–Trinajstić information content (AvgIpc) is 2.19. The van der Waals surface area contributed by atoms with Crippen LogP contribution in [0.2, 0.25) is 0 Å². The van der Waals surface area contributed by atoms with E-state index in [0.717, 1.165) is 12.6 Å². The summed E-state index contributed by atoms with van der Waals surface area (Å²) >= 11 is 0. The third kappa shape index (κ3) is 1.93. The molecule has 0 radical (unpaired) electrons. The first-order valence-electron chi connectivity index (χ1n) is 6.37. The SMILES string of the molecule is CCC1CN(C2(CN)CCC2)CCN1C. The van der Waals surface area contributed by atoms with Crippen molar-refractivity contribution in [3.8, 4) is 0 Å². The van der Waals surface area contributed by atoms with Gasteiger partial charge in [0.15, 0.2) is 0 Å². The summed E-state index contributed by atoms with van der Waals surface area (Å²) < 4.78 is 0. The molecule has 1 saturated heterocycles. The summed E-state index contributed by atoms with van der Waals surface area (Å²) in [6.45, 7) is 6.79. The minimum Gasteiger partial charge on any atom is -0.329 e. The molecule has 2 rings (SSSR count). The number of hydrogen-bond acceptors (Lipinski definition) is 3. The van der Waals surface area contributed by atoms with E-state index in [4.69, 9.17) is 5.73 Å². The summed E-state index contributed by atoms with van der Waals surface area (Å²) in [4.78, 5) is 5.17. The van der Waals surface area contributed by atoms with E-state index < -0.39 is 0 Å². The van der Waals surface area contributed by atoms with Crippen molar-refractivity contribution in [3.63, 3.8) is 0 Å². The summed E-state index contributed by atoms with van der Waals surface area (Å²) in [5, 5.41) is 0. The Morgan fingerprint density at radius 3 is 2.53 bits per heavy atom. The second-order valence-electron chi connectivity index (χ2n) is 5.27. The summed E-state index contributed by atoms with van der Waals surface area (Å²) in [6.07, 6.45) is 5.28. The Hall–Kier alpha value is -0.120. The van der Waals surface area contributed by atoms with Crippen molar-refractivity contribution >= 4 is 0 Å². The monoisotopic (exact) mass is 211 g/mol. The standard InChI is InChI=1S/C12H25N3/c1-3-11-9-15(8-7-14(11)2)12(10-13)5-4-6-12/h11H,3-10,13H2,1-2H3. The largest absolute Gasteiger partial charge is 0.329 e. The Morgan fingerprint density at radius 1 is 1.33 bits per heavy atom. The van der Waals surface area contributed by atoms with Gasteiger partial charge in [-0.15, -0.1) is 0 Å². The smallest absolute Gasteiger partial charge is 0.0332 e. The molecule has 0 aromatic heterocycles. The van der Waals surface area contributed by atoms with Crippen LogP contribution in [0.1, 0.15) is 32.6 Å². The first-order chi connectivity index (χ1) is 7.22. The highest BCUT2D eigenvalue weighted by molar-refractivity contribution is 5.01. The molecule has 2 N–H and O–H groups in total. The van der Waals surface area contributed by atoms with Crippen LogP contribution in [0, 0.1) is 0 Å². The Bertz CT molecular complexity index is 207. The maximum absolute atomic E-state index is 5.97. The number of nitrogens with zero attached hydrogens (tertiary/aromatic N) is 2. The van der Waals surface area contributed by atoms with E-state index in [-0.39, 0.29) is 0 Å². The molecule has 0 spiro atoms. The van der Waals surface area contributed by atoms with Gasteiger partial charge in [0.25, 0.3) is 0 Å². The third-order valence-electron chi connectivity index (χ3n) is 4.58. The van der Waals surface area contributed by atoms with Crippen LogP contribution in [0.25, 0.3) is 0 Å². The van der Waals surface area contributed by atoms with Gasteiger partial charge in [0.05, 0.1) is 0 Å². The molecule has 0 bridgehead atoms. The molecule has 15 heavy (non-hydrogen) atoms. The summed E-state index contributed by atoms with van der Waals surface area (Å²) in [5.74, 6) is 0. The predicted octanol–water partition coefficient (Wildman–Crippen LogP) is 0.894. The number of hydrogen-bond donors (Lipinski definition) is 1. The van der Waals surface area contributed by atoms with Crippen molar-refractivity contribution in [2.75, 3.05) is 33.2 Å². The zero-order valence-electron chi connectivity index (χ0n) is 10.2. The second kappa shape index (κ2) is 4.40. The van der Waals surface area contributed by atoms with Crippen LogP contribution in [0.4, 0.5) is 0 Å². The topological polar surface area (TPSA) is 32.5 Å². The van der Waals surface area contributed by atoms with Gasteiger partial charge in [-0.1, -0.05) is 6.92 Å². The van der Waals surface area contributed by atoms with Crippen molar-refractivity contribution in [1.29, 1.82) is 0 Å². The van der Waals surface area contributed by atoms with E-state index in [0.29, 0.717) is 5.54 Å². The Balaban J connectivity index is 1.98. The van der Waals surface area contributed by atoms with Gasteiger partial charge in [0.2, 0.25) is 0 Å². The molecule has 0 aromatic rings. The van der Waals surface area contributed by atoms with Crippen LogP contribution in [-0.4, -0.2) is 54.6 Å². The average molecular weight is 211 g/mol. The van der Waals surface area contributed by atoms with E-state index in [1.165, 1.54) is 45.3 Å². The molecule has 2 fully saturated rings. The highest BCUT2D eigenvalue weighted by atomic mass is 15.3. The van der Waals surface area contributed by atoms with Gasteiger partial charge in [-0.05, 0) is 32.7 Å². The number of likely N-dealkylation sites (N-methyl/N-ethyl adjacent to an activating group) is 1. The maximum Gasteiger partial charge on any atom is 0.0332 e. The van der Waals surface area contributed by atoms with Gasteiger partial charge in [0, 0.05) is 37.8 Å². The van der Waals surface area contributed by atoms with E-state index in [9.17, 15) is 0 Å². The molecule has 2 aliphatic rings. The fourth-order valence-corrected chi connectivity index (χ4v) is 3.05. The Labute approximate surface area is 93.6 Å². The molecule has 0 aromatic carbocycles. The quantitative estimate of drug-likeness (QED) is 0.752. The zero-order chi connectivity index (χ0) is 10.9. The highest BCUT2D eigenvalue weighted by Gasteiger charge is 2.43. The fourth-order valence-electron chi connectivity index (χ4n) is 3.05. The molecule has 1 aliphatic carbocycles. The van der Waals surface area contributed by atoms with Gasteiger partial charge >= 0.3 is 0 Å². The normalized spacial score (nSPS) is 32.6. The number of nitrogens with two attached hydrogens (primary N) is 1. The lowest BCUT2D eigenvalue weighted by Crippen LogP contribution is -2.65. The van der Waals surface area contributed by atoms with E-state index in [1.807, 2.05) is 0 Å². The first-order valence-corrected chi connectivity index (χ1v) is 6.37. The van der Waals surface area contributed by atoms with E-state index >= 15 is 0 Å². The molecular formula is C12H25N3. The van der Waals surface area contributed by atoms with E-state index in [1.54, 1.807) is 0 Å². The van der Waals surface area contributed by atoms with Gasteiger partial charge in [0.1, 0.15) is 0 Å². The maximum atomic E-state index is 5.97. The molecule has 1 heterocycles. The van der Waals surface area contributed by atoms with Crippen LogP contribution in [0.5, 0.6) is 0 Å². The van der Waals surface area contributed by atoms with Crippen molar-refractivity contribution in [2.45, 2.75) is 44.2 Å². The van der Waals surface area contributed by atoms with Crippen molar-refractivity contribution < 1.29 is 0 Å². The lowest BCUT2D eigenvalue weighted by Gasteiger charge is -2.54. The van der Waals surface area contributed by atoms with Gasteiger partial charge in [-0.2, -0.15) is 0 Å². The van der Waals surface area contributed by atoms with Crippen LogP contribution in [0.3, 0.4) is 0 Å². The van der Waals surface area contributed by atoms with Crippen LogP contribution in [-0.2, 0) is 0 Å². The number of rotatable bonds is 3. The molecule has 1 saturated carbocycles. The number of piperazine rings is 1. The van der Waals surface area contributed by atoms with Crippen molar-refractivity contribution in [2.24, 2.45) is 5.73 Å². The van der Waals surface area contributed by atoms with Gasteiger partial charge in [-0.3, -0.25) is 4.90 Å². The van der Waals surface area contributed by atoms with E-state index in [2.05, 4.69) is 23.8 Å². The molecule has 3 heteroatoms. The predicted molar refractivity (Wildman–Crippen MR) is 63.9 cm³/mol. The third-order valence-corrected chi connectivity index (χ3v) is 4.58. The summed E-state index contributed by atoms with van der Waals surface area (Å²) in [5.41, 5.74) is 6.35. The lowest BCUT2D eigenvalue weighted by atomic mass is 9.74. The summed E-state index contributed by atoms with van der Waals surface area (Å²) in [7, 11) is 2.25. The molecule has 3 nitrogen and oxygen atoms in total. The van der Waals surface area contributed by atoms with Crippen LogP contribution >= 0.6 is 0 Å².